The summed E-state index contributed by atoms with van der Waals surface area (Å²) in [5.74, 6) is -2.41. The van der Waals surface area contributed by atoms with Gasteiger partial charge in [0.1, 0.15) is 0 Å². The van der Waals surface area contributed by atoms with Gasteiger partial charge < -0.3 is 0 Å². The first-order chi connectivity index (χ1) is 11.3. The SMILES string of the molecule is C=C(C)C(=O)OCCCCP(Cl)(CCCC)(CCCC)CCCC. The number of carbonyl (C=O) groups excluding carboxylic acids is 1. The van der Waals surface area contributed by atoms with Crippen LogP contribution in [0.4, 0.5) is 0 Å². The Morgan fingerprint density at radius 2 is 1.29 bits per heavy atom. The molecule has 0 N–H and O–H groups in total. The average Bonchev–Trinajstić information content (AvgIpc) is 2.56. The molecule has 144 valence electrons. The van der Waals surface area contributed by atoms with Crippen molar-refractivity contribution >= 4 is 23.2 Å². The van der Waals surface area contributed by atoms with Crippen molar-refractivity contribution in [1.82, 2.24) is 0 Å². The maximum atomic E-state index is 11.5. The van der Waals surface area contributed by atoms with Crippen molar-refractivity contribution in [1.29, 1.82) is 0 Å². The van der Waals surface area contributed by atoms with Crippen LogP contribution in [0.15, 0.2) is 12.2 Å². The fourth-order valence-corrected chi connectivity index (χ4v) is 10.3. The number of esters is 1. The first-order valence-electron chi connectivity index (χ1n) is 9.86. The molecule has 0 aliphatic heterocycles. The molecule has 0 fully saturated rings. The summed E-state index contributed by atoms with van der Waals surface area (Å²) >= 11 is 7.53. The van der Waals surface area contributed by atoms with E-state index in [4.69, 9.17) is 16.0 Å². The van der Waals surface area contributed by atoms with Crippen molar-refractivity contribution in [2.45, 2.75) is 79.1 Å². The third kappa shape index (κ3) is 9.42. The second-order valence-electron chi connectivity index (χ2n) is 7.40. The Kier molecular flexibility index (Phi) is 12.3. The van der Waals surface area contributed by atoms with Gasteiger partial charge in [0, 0.05) is 0 Å². The van der Waals surface area contributed by atoms with Crippen LogP contribution in [0.5, 0.6) is 0 Å². The minimum absolute atomic E-state index is 0.277. The van der Waals surface area contributed by atoms with Gasteiger partial charge in [0.05, 0.1) is 0 Å². The van der Waals surface area contributed by atoms with E-state index in [0.717, 1.165) is 19.0 Å². The summed E-state index contributed by atoms with van der Waals surface area (Å²) < 4.78 is 5.23. The first-order valence-corrected chi connectivity index (χ1v) is 13.7. The van der Waals surface area contributed by atoms with Crippen LogP contribution in [0.1, 0.15) is 79.1 Å². The monoisotopic (exact) mass is 378 g/mol. The van der Waals surface area contributed by atoms with Crippen LogP contribution in [0.2, 0.25) is 0 Å². The third-order valence-electron chi connectivity index (χ3n) is 4.90. The fourth-order valence-electron chi connectivity index (χ4n) is 3.23. The van der Waals surface area contributed by atoms with Crippen LogP contribution in [0, 0.1) is 0 Å². The van der Waals surface area contributed by atoms with Crippen molar-refractivity contribution < 1.29 is 9.53 Å². The van der Waals surface area contributed by atoms with E-state index in [-0.39, 0.29) is 5.97 Å². The second kappa shape index (κ2) is 12.3. The molecule has 0 amide bonds. The second-order valence-corrected chi connectivity index (χ2v) is 15.7. The van der Waals surface area contributed by atoms with Crippen molar-refractivity contribution in [3.8, 4) is 0 Å². The van der Waals surface area contributed by atoms with Gasteiger partial charge in [-0.25, -0.2) is 0 Å². The third-order valence-corrected chi connectivity index (χ3v) is 12.7. The molecule has 0 heterocycles. The molecule has 0 aliphatic rings. The summed E-state index contributed by atoms with van der Waals surface area (Å²) in [6.45, 7) is 12.6. The maximum absolute atomic E-state index is 11.5. The van der Waals surface area contributed by atoms with Gasteiger partial charge in [-0.15, -0.1) is 0 Å². The van der Waals surface area contributed by atoms with E-state index in [9.17, 15) is 4.79 Å². The summed E-state index contributed by atoms with van der Waals surface area (Å²) in [6, 6.07) is 0. The number of ether oxygens (including phenoxy) is 1. The van der Waals surface area contributed by atoms with Crippen molar-refractivity contribution in [3.05, 3.63) is 12.2 Å². The van der Waals surface area contributed by atoms with E-state index in [1.54, 1.807) is 6.92 Å². The molecular weight excluding hydrogens is 339 g/mol. The van der Waals surface area contributed by atoms with Crippen molar-refractivity contribution in [3.63, 3.8) is 0 Å². The summed E-state index contributed by atoms with van der Waals surface area (Å²) in [5, 5.41) is 0. The predicted octanol–water partition coefficient (Wildman–Crippen LogP) is 6.99. The summed E-state index contributed by atoms with van der Waals surface area (Å²) in [6.07, 6.45) is 14.2. The Hall–Kier alpha value is -0.0700. The van der Waals surface area contributed by atoms with Gasteiger partial charge in [0.25, 0.3) is 0 Å². The van der Waals surface area contributed by atoms with Gasteiger partial charge >= 0.3 is 155 Å². The van der Waals surface area contributed by atoms with Crippen LogP contribution in [0.25, 0.3) is 0 Å². The molecule has 0 atom stereocenters. The van der Waals surface area contributed by atoms with Gasteiger partial charge in [0.15, 0.2) is 0 Å². The van der Waals surface area contributed by atoms with E-state index in [2.05, 4.69) is 27.4 Å². The van der Waals surface area contributed by atoms with Crippen LogP contribution in [0.3, 0.4) is 0 Å². The fraction of sp³-hybridized carbons (Fsp3) is 0.850. The summed E-state index contributed by atoms with van der Waals surface area (Å²) in [5.41, 5.74) is 0.473. The molecule has 24 heavy (non-hydrogen) atoms. The molecule has 0 aromatic carbocycles. The molecule has 0 unspecified atom stereocenters. The number of rotatable bonds is 15. The van der Waals surface area contributed by atoms with Gasteiger partial charge in [-0.1, -0.05) is 0 Å². The molecule has 0 rings (SSSR count). The Labute approximate surface area is 155 Å². The molecule has 0 saturated carbocycles. The molecular formula is C20H40ClO2P. The average molecular weight is 379 g/mol. The zero-order valence-corrected chi connectivity index (χ0v) is 18.2. The Morgan fingerprint density at radius 1 is 0.875 bits per heavy atom. The summed E-state index contributed by atoms with van der Waals surface area (Å²) in [4.78, 5) is 11.5. The van der Waals surface area contributed by atoms with Gasteiger partial charge in [-0.2, -0.15) is 0 Å². The molecule has 0 saturated heterocycles. The van der Waals surface area contributed by atoms with E-state index < -0.39 is 5.96 Å². The van der Waals surface area contributed by atoms with Crippen molar-refractivity contribution in [2.24, 2.45) is 0 Å². The van der Waals surface area contributed by atoms with E-state index in [1.807, 2.05) is 0 Å². The number of halogens is 1. The molecule has 0 radical (unpaired) electrons. The molecule has 0 bridgehead atoms. The summed E-state index contributed by atoms with van der Waals surface area (Å²) in [7, 11) is 0. The van der Waals surface area contributed by atoms with E-state index >= 15 is 0 Å². The molecule has 2 nitrogen and oxygen atoms in total. The molecule has 0 aromatic rings. The molecule has 0 aliphatic carbocycles. The topological polar surface area (TPSA) is 26.3 Å². The molecule has 0 spiro atoms. The van der Waals surface area contributed by atoms with Crippen LogP contribution in [-0.4, -0.2) is 37.2 Å². The standard InChI is InChI=1S/C20H40ClO2P/c1-6-9-15-24(21,16-10-7-2,17-11-8-3)18-13-12-14-23-20(22)19(4)5/h4,6-18H2,1-3,5H3. The number of unbranched alkanes of at least 4 members (excludes halogenated alkanes) is 4. The minimum atomic E-state index is -2.13. The van der Waals surface area contributed by atoms with Crippen LogP contribution < -0.4 is 0 Å². The Morgan fingerprint density at radius 3 is 1.67 bits per heavy atom. The van der Waals surface area contributed by atoms with E-state index in [1.165, 1.54) is 57.0 Å². The number of carbonyl (C=O) groups is 1. The molecule has 0 aromatic heterocycles. The van der Waals surface area contributed by atoms with Gasteiger partial charge in [-0.05, 0) is 0 Å². The van der Waals surface area contributed by atoms with Crippen LogP contribution in [-0.2, 0) is 9.53 Å². The quantitative estimate of drug-likeness (QED) is 0.133. The first kappa shape index (κ1) is 23.9. The zero-order chi connectivity index (χ0) is 18.5. The zero-order valence-electron chi connectivity index (χ0n) is 16.5. The van der Waals surface area contributed by atoms with Gasteiger partial charge in [0.2, 0.25) is 0 Å². The Bertz CT molecular complexity index is 357. The number of hydrogen-bond acceptors (Lipinski definition) is 2. The Balaban J connectivity index is 4.70. The van der Waals surface area contributed by atoms with E-state index in [0.29, 0.717) is 12.2 Å². The van der Waals surface area contributed by atoms with Crippen LogP contribution >= 0.6 is 17.2 Å². The number of hydrogen-bond donors (Lipinski definition) is 0. The van der Waals surface area contributed by atoms with Gasteiger partial charge in [-0.3, -0.25) is 0 Å². The predicted molar refractivity (Wildman–Crippen MR) is 112 cm³/mol. The normalized spacial score (nSPS) is 13.3. The van der Waals surface area contributed by atoms with Crippen molar-refractivity contribution in [2.75, 3.05) is 31.3 Å². The molecule has 4 heteroatoms.